The van der Waals surface area contributed by atoms with Crippen LogP contribution in [0.1, 0.15) is 16.7 Å². The van der Waals surface area contributed by atoms with Gasteiger partial charge in [0.1, 0.15) is 0 Å². The van der Waals surface area contributed by atoms with Crippen molar-refractivity contribution < 1.29 is 0 Å². The zero-order valence-electron chi connectivity index (χ0n) is 9.97. The smallest absolute Gasteiger partial charge is 0.0991 e. The maximum Gasteiger partial charge on any atom is 0.0991 e. The maximum absolute atomic E-state index is 8.91. The normalized spacial score (nSPS) is 10.6. The highest BCUT2D eigenvalue weighted by molar-refractivity contribution is 6.30. The average molecular weight is 265 g/mol. The Morgan fingerprint density at radius 1 is 0.895 bits per heavy atom. The Hall–Kier alpha value is -2.55. The third-order valence-corrected chi connectivity index (χ3v) is 2.94. The molecule has 2 nitrogen and oxygen atoms in total. The third-order valence-electron chi connectivity index (χ3n) is 2.69. The Balaban J connectivity index is 2.47. The topological polar surface area (TPSA) is 47.6 Å². The Kier molecular flexibility index (Phi) is 3.98. The molecule has 0 spiro atoms. The largest absolute Gasteiger partial charge is 0.193 e. The Labute approximate surface area is 116 Å². The number of hydrogen-bond acceptors (Lipinski definition) is 2. The summed E-state index contributed by atoms with van der Waals surface area (Å²) in [7, 11) is 0. The number of nitriles is 2. The Morgan fingerprint density at radius 3 is 1.89 bits per heavy atom. The van der Waals surface area contributed by atoms with Crippen LogP contribution in [0.25, 0.3) is 5.57 Å². The lowest BCUT2D eigenvalue weighted by Crippen LogP contribution is -1.88. The van der Waals surface area contributed by atoms with Crippen molar-refractivity contribution in [3.8, 4) is 12.1 Å². The second kappa shape index (κ2) is 5.87. The van der Waals surface area contributed by atoms with Gasteiger partial charge in [0.15, 0.2) is 0 Å². The first-order valence-electron chi connectivity index (χ1n) is 5.61. The van der Waals surface area contributed by atoms with Crippen LogP contribution in [0.15, 0.2) is 54.6 Å². The molecule has 0 aromatic heterocycles. The van der Waals surface area contributed by atoms with Crippen molar-refractivity contribution in [3.63, 3.8) is 0 Å². The zero-order valence-corrected chi connectivity index (χ0v) is 10.7. The van der Waals surface area contributed by atoms with Crippen molar-refractivity contribution in [2.24, 2.45) is 0 Å². The molecule has 2 aromatic rings. The molecular formula is C16H9ClN2. The molecule has 0 aliphatic carbocycles. The van der Waals surface area contributed by atoms with Crippen LogP contribution in [0.4, 0.5) is 0 Å². The summed E-state index contributed by atoms with van der Waals surface area (Å²) in [5.74, 6) is 0. The number of allylic oxidation sites excluding steroid dienone is 1. The second-order valence-corrected chi connectivity index (χ2v) is 4.32. The number of rotatable bonds is 2. The number of nitrogens with zero attached hydrogens (tertiary/aromatic N) is 2. The van der Waals surface area contributed by atoms with Crippen molar-refractivity contribution in [3.05, 3.63) is 76.3 Å². The van der Waals surface area contributed by atoms with E-state index in [1.54, 1.807) is 24.3 Å². The summed E-state index contributed by atoms with van der Waals surface area (Å²) in [6, 6.07) is 18.5. The molecule has 0 fully saturated rings. The predicted octanol–water partition coefficient (Wildman–Crippen LogP) is 4.17. The van der Waals surface area contributed by atoms with Crippen molar-refractivity contribution in [2.45, 2.75) is 0 Å². The summed E-state index contributed by atoms with van der Waals surface area (Å²) >= 11 is 5.86. The van der Waals surface area contributed by atoms with E-state index in [9.17, 15) is 0 Å². The molecule has 0 aliphatic heterocycles. The summed E-state index contributed by atoms with van der Waals surface area (Å²) in [5, 5.41) is 18.3. The van der Waals surface area contributed by atoms with Gasteiger partial charge in [0.25, 0.3) is 0 Å². The minimum Gasteiger partial charge on any atom is -0.193 e. The van der Waals surface area contributed by atoms with Gasteiger partial charge >= 0.3 is 0 Å². The lowest BCUT2D eigenvalue weighted by molar-refractivity contribution is 1.47. The van der Waals surface area contributed by atoms with E-state index in [2.05, 4.69) is 6.07 Å². The van der Waals surface area contributed by atoms with Gasteiger partial charge in [-0.15, -0.1) is 0 Å². The Bertz CT molecular complexity index is 684. The fourth-order valence-electron chi connectivity index (χ4n) is 1.75. The van der Waals surface area contributed by atoms with E-state index in [-0.39, 0.29) is 0 Å². The highest BCUT2D eigenvalue weighted by atomic mass is 35.5. The van der Waals surface area contributed by atoms with Crippen LogP contribution in [-0.4, -0.2) is 0 Å². The molecule has 0 N–H and O–H groups in total. The Morgan fingerprint density at radius 2 is 1.42 bits per heavy atom. The lowest BCUT2D eigenvalue weighted by atomic mass is 9.97. The molecule has 0 bridgehead atoms. The number of hydrogen-bond donors (Lipinski definition) is 0. The molecule has 0 radical (unpaired) electrons. The molecule has 0 saturated carbocycles. The van der Waals surface area contributed by atoms with E-state index in [1.807, 2.05) is 30.3 Å². The average Bonchev–Trinajstić information content (AvgIpc) is 2.46. The second-order valence-electron chi connectivity index (χ2n) is 3.88. The van der Waals surface area contributed by atoms with E-state index in [0.717, 1.165) is 16.7 Å². The summed E-state index contributed by atoms with van der Waals surface area (Å²) in [6.45, 7) is 0. The highest BCUT2D eigenvalue weighted by Gasteiger charge is 2.05. The molecule has 90 valence electrons. The molecule has 0 aliphatic rings. The molecule has 0 saturated heterocycles. The van der Waals surface area contributed by atoms with Gasteiger partial charge < -0.3 is 0 Å². The zero-order chi connectivity index (χ0) is 13.7. The van der Waals surface area contributed by atoms with Crippen molar-refractivity contribution in [1.29, 1.82) is 10.5 Å². The van der Waals surface area contributed by atoms with Gasteiger partial charge in [-0.1, -0.05) is 35.9 Å². The van der Waals surface area contributed by atoms with Crippen molar-refractivity contribution in [2.75, 3.05) is 0 Å². The fraction of sp³-hybridized carbons (Fsp3) is 0. The lowest BCUT2D eigenvalue weighted by Gasteiger charge is -2.07. The van der Waals surface area contributed by atoms with Crippen LogP contribution in [0, 0.1) is 22.7 Å². The quantitative estimate of drug-likeness (QED) is 0.765. The molecule has 0 amide bonds. The fourth-order valence-corrected chi connectivity index (χ4v) is 1.88. The molecule has 0 heterocycles. The van der Waals surface area contributed by atoms with Crippen molar-refractivity contribution >= 4 is 17.2 Å². The number of benzene rings is 2. The van der Waals surface area contributed by atoms with Crippen LogP contribution in [0.3, 0.4) is 0 Å². The van der Waals surface area contributed by atoms with Gasteiger partial charge in [0, 0.05) is 11.1 Å². The van der Waals surface area contributed by atoms with E-state index in [1.165, 1.54) is 6.08 Å². The van der Waals surface area contributed by atoms with Crippen LogP contribution in [-0.2, 0) is 0 Å². The van der Waals surface area contributed by atoms with Crippen LogP contribution in [0.5, 0.6) is 0 Å². The summed E-state index contributed by atoms with van der Waals surface area (Å²) in [4.78, 5) is 0. The van der Waals surface area contributed by atoms with Gasteiger partial charge in [0.05, 0.1) is 17.7 Å². The van der Waals surface area contributed by atoms with E-state index in [4.69, 9.17) is 22.1 Å². The minimum absolute atomic E-state index is 0.594. The number of halogens is 1. The van der Waals surface area contributed by atoms with E-state index >= 15 is 0 Å². The van der Waals surface area contributed by atoms with E-state index in [0.29, 0.717) is 10.6 Å². The molecule has 0 atom stereocenters. The van der Waals surface area contributed by atoms with Crippen LogP contribution in [0.2, 0.25) is 5.02 Å². The summed E-state index contributed by atoms with van der Waals surface area (Å²) in [6.07, 6.45) is 1.49. The van der Waals surface area contributed by atoms with Gasteiger partial charge in [0.2, 0.25) is 0 Å². The standard InChI is InChI=1S/C16H9ClN2/c17-15-7-5-14(6-8-15)16(9-10-18)13-3-1-12(11-19)2-4-13/h1-9H. The van der Waals surface area contributed by atoms with Gasteiger partial charge in [-0.3, -0.25) is 0 Å². The van der Waals surface area contributed by atoms with Crippen molar-refractivity contribution in [1.82, 2.24) is 0 Å². The van der Waals surface area contributed by atoms with Gasteiger partial charge in [-0.05, 0) is 41.0 Å². The molecule has 0 unspecified atom stereocenters. The molecule has 19 heavy (non-hydrogen) atoms. The van der Waals surface area contributed by atoms with E-state index < -0.39 is 0 Å². The van der Waals surface area contributed by atoms with Gasteiger partial charge in [-0.25, -0.2) is 0 Å². The van der Waals surface area contributed by atoms with Crippen LogP contribution < -0.4 is 0 Å². The molecule has 3 heteroatoms. The first-order chi connectivity index (χ1) is 9.24. The monoisotopic (exact) mass is 264 g/mol. The van der Waals surface area contributed by atoms with Crippen LogP contribution >= 0.6 is 11.6 Å². The molecular weight excluding hydrogens is 256 g/mol. The third kappa shape index (κ3) is 3.01. The van der Waals surface area contributed by atoms with Gasteiger partial charge in [-0.2, -0.15) is 10.5 Å². The highest BCUT2D eigenvalue weighted by Crippen LogP contribution is 2.24. The SMILES string of the molecule is N#CC=C(c1ccc(Cl)cc1)c1ccc(C#N)cc1. The summed E-state index contributed by atoms with van der Waals surface area (Å²) in [5.41, 5.74) is 3.21. The predicted molar refractivity (Wildman–Crippen MR) is 75.3 cm³/mol. The maximum atomic E-state index is 8.91. The first kappa shape index (κ1) is 12.9. The molecule has 2 aromatic carbocycles. The molecule has 2 rings (SSSR count). The summed E-state index contributed by atoms with van der Waals surface area (Å²) < 4.78 is 0. The minimum atomic E-state index is 0.594. The first-order valence-corrected chi connectivity index (χ1v) is 5.98.